The van der Waals surface area contributed by atoms with E-state index in [-0.39, 0.29) is 6.03 Å². The number of aromatic nitrogens is 2. The molecule has 3 fully saturated rings. The van der Waals surface area contributed by atoms with Crippen LogP contribution in [0, 0.1) is 0 Å². The van der Waals surface area contributed by atoms with Gasteiger partial charge in [0, 0.05) is 44.3 Å². The van der Waals surface area contributed by atoms with Gasteiger partial charge in [0.15, 0.2) is 0 Å². The molecule has 0 unspecified atom stereocenters. The van der Waals surface area contributed by atoms with Crippen molar-refractivity contribution in [2.24, 2.45) is 7.05 Å². The molecule has 1 N–H and O–H groups in total. The summed E-state index contributed by atoms with van der Waals surface area (Å²) in [5, 5.41) is 7.53. The second-order valence-corrected chi connectivity index (χ2v) is 7.68. The first-order valence-electron chi connectivity index (χ1n) is 9.49. The molecule has 3 aliphatic rings. The number of hydrogen-bond donors (Lipinski definition) is 1. The molecule has 1 aromatic rings. The van der Waals surface area contributed by atoms with Crippen molar-refractivity contribution < 1.29 is 4.79 Å². The number of hydrogen-bond acceptors (Lipinski definition) is 3. The lowest BCUT2D eigenvalue weighted by Gasteiger charge is -2.45. The molecule has 3 heterocycles. The Morgan fingerprint density at radius 3 is 2.62 bits per heavy atom. The molecule has 1 aliphatic carbocycles. The summed E-state index contributed by atoms with van der Waals surface area (Å²) in [5.41, 5.74) is 1.27. The molecule has 0 radical (unpaired) electrons. The van der Waals surface area contributed by atoms with E-state index in [1.54, 1.807) is 0 Å². The number of likely N-dealkylation sites (tertiary alicyclic amines) is 2. The Morgan fingerprint density at radius 2 is 1.96 bits per heavy atom. The van der Waals surface area contributed by atoms with Crippen LogP contribution in [0.5, 0.6) is 0 Å². The zero-order valence-electron chi connectivity index (χ0n) is 14.7. The van der Waals surface area contributed by atoms with Gasteiger partial charge in [-0.3, -0.25) is 9.58 Å². The molecule has 24 heavy (non-hydrogen) atoms. The first kappa shape index (κ1) is 15.9. The van der Waals surface area contributed by atoms with E-state index in [2.05, 4.69) is 21.5 Å². The average Bonchev–Trinajstić information content (AvgIpc) is 3.32. The summed E-state index contributed by atoms with van der Waals surface area (Å²) in [5.74, 6) is 0.371. The third-order valence-electron chi connectivity index (χ3n) is 5.78. The van der Waals surface area contributed by atoms with Gasteiger partial charge >= 0.3 is 6.03 Å². The molecule has 2 saturated heterocycles. The Balaban J connectivity index is 1.50. The Morgan fingerprint density at radius 1 is 1.17 bits per heavy atom. The monoisotopic (exact) mass is 331 g/mol. The number of amides is 2. The largest absolute Gasteiger partial charge is 0.335 e. The topological polar surface area (TPSA) is 53.4 Å². The van der Waals surface area contributed by atoms with E-state index in [0.29, 0.717) is 18.0 Å². The van der Waals surface area contributed by atoms with Crippen molar-refractivity contribution in [3.8, 4) is 0 Å². The fraction of sp³-hybridized carbons (Fsp3) is 0.778. The van der Waals surface area contributed by atoms with Gasteiger partial charge in [0.25, 0.3) is 0 Å². The lowest BCUT2D eigenvalue weighted by atomic mass is 9.85. The van der Waals surface area contributed by atoms with E-state index < -0.39 is 0 Å². The molecule has 132 valence electrons. The molecule has 6 heteroatoms. The highest BCUT2D eigenvalue weighted by Crippen LogP contribution is 2.32. The van der Waals surface area contributed by atoms with Crippen molar-refractivity contribution >= 4 is 6.03 Å². The molecule has 0 spiro atoms. The highest BCUT2D eigenvalue weighted by Gasteiger charge is 2.37. The van der Waals surface area contributed by atoms with Gasteiger partial charge in [-0.05, 0) is 50.8 Å². The van der Waals surface area contributed by atoms with Crippen molar-refractivity contribution in [2.45, 2.75) is 56.5 Å². The van der Waals surface area contributed by atoms with E-state index in [4.69, 9.17) is 0 Å². The van der Waals surface area contributed by atoms with E-state index >= 15 is 0 Å². The second kappa shape index (κ2) is 6.75. The lowest BCUT2D eigenvalue weighted by molar-refractivity contribution is 0.0837. The van der Waals surface area contributed by atoms with Crippen LogP contribution < -0.4 is 5.32 Å². The van der Waals surface area contributed by atoms with E-state index in [1.165, 1.54) is 37.9 Å². The zero-order valence-corrected chi connectivity index (χ0v) is 14.7. The van der Waals surface area contributed by atoms with Crippen molar-refractivity contribution in [1.29, 1.82) is 0 Å². The van der Waals surface area contributed by atoms with Gasteiger partial charge in [-0.15, -0.1) is 0 Å². The van der Waals surface area contributed by atoms with Gasteiger partial charge in [-0.1, -0.05) is 6.42 Å². The number of nitrogens with one attached hydrogen (secondary N) is 1. The van der Waals surface area contributed by atoms with Crippen LogP contribution in [-0.2, 0) is 7.05 Å². The summed E-state index contributed by atoms with van der Waals surface area (Å²) in [7, 11) is 1.97. The van der Waals surface area contributed by atoms with E-state index in [9.17, 15) is 4.79 Å². The maximum absolute atomic E-state index is 12.5. The number of rotatable bonds is 3. The predicted molar refractivity (Wildman–Crippen MR) is 92.9 cm³/mol. The van der Waals surface area contributed by atoms with Crippen LogP contribution in [0.4, 0.5) is 4.79 Å². The van der Waals surface area contributed by atoms with E-state index in [0.717, 1.165) is 32.4 Å². The molecule has 2 atom stereocenters. The van der Waals surface area contributed by atoms with Gasteiger partial charge in [0.05, 0.1) is 6.20 Å². The van der Waals surface area contributed by atoms with Crippen molar-refractivity contribution in [1.82, 2.24) is 24.9 Å². The number of aryl methyl sites for hydroxylation is 1. The molecule has 4 rings (SSSR count). The van der Waals surface area contributed by atoms with Gasteiger partial charge in [0.2, 0.25) is 0 Å². The SMILES string of the molecule is Cn1cc([C@@H]2CN(C(=O)NC3CC3)CC[C@H]2N2CCCCC2)cn1. The summed E-state index contributed by atoms with van der Waals surface area (Å²) in [6.45, 7) is 4.09. The molecular formula is C18H29N5O. The van der Waals surface area contributed by atoms with Crippen LogP contribution in [0.15, 0.2) is 12.4 Å². The van der Waals surface area contributed by atoms with Crippen LogP contribution >= 0.6 is 0 Å². The highest BCUT2D eigenvalue weighted by molar-refractivity contribution is 5.75. The molecular weight excluding hydrogens is 302 g/mol. The highest BCUT2D eigenvalue weighted by atomic mass is 16.2. The summed E-state index contributed by atoms with van der Waals surface area (Å²) in [6.07, 6.45) is 11.4. The quantitative estimate of drug-likeness (QED) is 0.921. The molecule has 1 saturated carbocycles. The number of carbonyl (C=O) groups is 1. The summed E-state index contributed by atoms with van der Waals surface area (Å²) in [4.78, 5) is 17.2. The lowest BCUT2D eigenvalue weighted by Crippen LogP contribution is -2.54. The standard InChI is InChI=1S/C18H29N5O/c1-21-12-14(11-19-21)16-13-23(18(24)20-15-5-6-15)10-7-17(16)22-8-3-2-4-9-22/h11-12,15-17H,2-10,13H2,1H3,(H,20,24)/t16-,17+/m0/s1. The van der Waals surface area contributed by atoms with Crippen molar-refractivity contribution in [3.63, 3.8) is 0 Å². The van der Waals surface area contributed by atoms with E-state index in [1.807, 2.05) is 22.8 Å². The smallest absolute Gasteiger partial charge is 0.317 e. The molecule has 2 aliphatic heterocycles. The van der Waals surface area contributed by atoms with Crippen LogP contribution in [0.25, 0.3) is 0 Å². The maximum Gasteiger partial charge on any atom is 0.317 e. The first-order chi connectivity index (χ1) is 11.7. The third kappa shape index (κ3) is 3.43. The van der Waals surface area contributed by atoms with Crippen LogP contribution in [0.1, 0.15) is 50.0 Å². The van der Waals surface area contributed by atoms with Crippen LogP contribution in [-0.4, -0.2) is 63.9 Å². The van der Waals surface area contributed by atoms with Gasteiger partial charge in [-0.25, -0.2) is 4.79 Å². The molecule has 0 bridgehead atoms. The van der Waals surface area contributed by atoms with Gasteiger partial charge in [-0.2, -0.15) is 5.10 Å². The summed E-state index contributed by atoms with van der Waals surface area (Å²) in [6, 6.07) is 1.09. The fourth-order valence-electron chi connectivity index (χ4n) is 4.26. The van der Waals surface area contributed by atoms with Gasteiger partial charge in [0.1, 0.15) is 0 Å². The minimum Gasteiger partial charge on any atom is -0.335 e. The first-order valence-corrected chi connectivity index (χ1v) is 9.49. The summed E-state index contributed by atoms with van der Waals surface area (Å²) >= 11 is 0. The minimum absolute atomic E-state index is 0.128. The predicted octanol–water partition coefficient (Wildman–Crippen LogP) is 1.94. The molecule has 1 aromatic heterocycles. The number of carbonyl (C=O) groups excluding carboxylic acids is 1. The number of nitrogens with zero attached hydrogens (tertiary/aromatic N) is 4. The Kier molecular flexibility index (Phi) is 4.48. The van der Waals surface area contributed by atoms with Gasteiger partial charge < -0.3 is 10.2 Å². The molecule has 2 amide bonds. The molecule has 0 aromatic carbocycles. The maximum atomic E-state index is 12.5. The van der Waals surface area contributed by atoms with Crippen molar-refractivity contribution in [3.05, 3.63) is 18.0 Å². The Bertz CT molecular complexity index is 576. The van der Waals surface area contributed by atoms with Crippen LogP contribution in [0.3, 0.4) is 0 Å². The van der Waals surface area contributed by atoms with Crippen molar-refractivity contribution in [2.75, 3.05) is 26.2 Å². The second-order valence-electron chi connectivity index (χ2n) is 7.68. The zero-order chi connectivity index (χ0) is 16.5. The Labute approximate surface area is 144 Å². The molecule has 6 nitrogen and oxygen atoms in total. The summed E-state index contributed by atoms with van der Waals surface area (Å²) < 4.78 is 1.88. The average molecular weight is 331 g/mol. The Hall–Kier alpha value is -1.56. The third-order valence-corrected chi connectivity index (χ3v) is 5.78. The van der Waals surface area contributed by atoms with Crippen LogP contribution in [0.2, 0.25) is 0 Å². The fourth-order valence-corrected chi connectivity index (χ4v) is 4.26. The normalized spacial score (nSPS) is 28.8. The number of urea groups is 1. The minimum atomic E-state index is 0.128. The number of piperidine rings is 2.